The molecule has 0 spiro atoms. The summed E-state index contributed by atoms with van der Waals surface area (Å²) in [6, 6.07) is 5.49. The Bertz CT molecular complexity index is 484. The fourth-order valence-corrected chi connectivity index (χ4v) is 2.35. The van der Waals surface area contributed by atoms with Crippen LogP contribution in [-0.2, 0) is 4.79 Å². The largest absolute Gasteiger partial charge is 0.487 e. The van der Waals surface area contributed by atoms with E-state index in [1.807, 2.05) is 30.0 Å². The van der Waals surface area contributed by atoms with Gasteiger partial charge in [-0.2, -0.15) is 0 Å². The molecule has 104 valence electrons. The smallest absolute Gasteiger partial charge is 0.326 e. The number of ether oxygens (including phenoxy) is 1. The number of carbonyl (C=O) groups is 1. The summed E-state index contributed by atoms with van der Waals surface area (Å²) in [4.78, 5) is 13.2. The predicted molar refractivity (Wildman–Crippen MR) is 75.1 cm³/mol. The summed E-state index contributed by atoms with van der Waals surface area (Å²) >= 11 is 0. The summed E-state index contributed by atoms with van der Waals surface area (Å²) in [7, 11) is 0. The van der Waals surface area contributed by atoms with Gasteiger partial charge in [0.2, 0.25) is 0 Å². The number of anilines is 1. The molecule has 2 rings (SSSR count). The van der Waals surface area contributed by atoms with Gasteiger partial charge in [0.1, 0.15) is 17.9 Å². The number of aliphatic carboxylic acids is 1. The van der Waals surface area contributed by atoms with Crippen molar-refractivity contribution in [3.8, 4) is 5.75 Å². The summed E-state index contributed by atoms with van der Waals surface area (Å²) in [5.74, 6) is 0.373. The van der Waals surface area contributed by atoms with Crippen LogP contribution < -0.4 is 9.64 Å². The minimum Gasteiger partial charge on any atom is -0.487 e. The zero-order valence-electron chi connectivity index (χ0n) is 11.9. The Morgan fingerprint density at radius 3 is 2.68 bits per heavy atom. The number of hydrogen-bond donors (Lipinski definition) is 1. The van der Waals surface area contributed by atoms with Gasteiger partial charge in [0.05, 0.1) is 12.2 Å². The Balaban J connectivity index is 2.44. The van der Waals surface area contributed by atoms with Gasteiger partial charge in [0, 0.05) is 0 Å². The zero-order valence-corrected chi connectivity index (χ0v) is 11.9. The first-order valence-electron chi connectivity index (χ1n) is 6.70. The van der Waals surface area contributed by atoms with Gasteiger partial charge >= 0.3 is 5.97 Å². The Hall–Kier alpha value is -1.71. The lowest BCUT2D eigenvalue weighted by Crippen LogP contribution is -2.47. The van der Waals surface area contributed by atoms with E-state index in [9.17, 15) is 9.90 Å². The van der Waals surface area contributed by atoms with Crippen molar-refractivity contribution in [2.75, 3.05) is 11.4 Å². The third kappa shape index (κ3) is 2.67. The van der Waals surface area contributed by atoms with Gasteiger partial charge in [-0.25, -0.2) is 4.79 Å². The van der Waals surface area contributed by atoms with Gasteiger partial charge < -0.3 is 14.7 Å². The molecule has 2 atom stereocenters. The van der Waals surface area contributed by atoms with E-state index in [-0.39, 0.29) is 6.10 Å². The molecule has 1 aliphatic heterocycles. The Morgan fingerprint density at radius 1 is 1.42 bits per heavy atom. The molecule has 1 N–H and O–H groups in total. The minimum atomic E-state index is -0.810. The minimum absolute atomic E-state index is 0.000741. The van der Waals surface area contributed by atoms with Crippen molar-refractivity contribution in [2.45, 2.75) is 45.8 Å². The van der Waals surface area contributed by atoms with Gasteiger partial charge in [0.15, 0.2) is 0 Å². The van der Waals surface area contributed by atoms with Gasteiger partial charge in [0.25, 0.3) is 0 Å². The quantitative estimate of drug-likeness (QED) is 0.911. The predicted octanol–water partition coefficient (Wildman–Crippen LogP) is 2.87. The van der Waals surface area contributed by atoms with Gasteiger partial charge in [-0.15, -0.1) is 0 Å². The average molecular weight is 263 g/mol. The highest BCUT2D eigenvalue weighted by molar-refractivity contribution is 5.79. The van der Waals surface area contributed by atoms with Crippen molar-refractivity contribution < 1.29 is 14.6 Å². The number of nitrogens with zero attached hydrogens (tertiary/aromatic N) is 1. The maximum atomic E-state index is 11.3. The molecule has 1 aromatic carbocycles. The normalized spacial score (nSPS) is 19.8. The van der Waals surface area contributed by atoms with E-state index in [1.165, 1.54) is 5.56 Å². The van der Waals surface area contributed by atoms with Crippen LogP contribution in [0.1, 0.15) is 39.2 Å². The molecule has 19 heavy (non-hydrogen) atoms. The van der Waals surface area contributed by atoms with Crippen LogP contribution in [0.15, 0.2) is 18.2 Å². The third-order valence-corrected chi connectivity index (χ3v) is 3.57. The molecule has 1 heterocycles. The van der Waals surface area contributed by atoms with E-state index in [4.69, 9.17) is 4.74 Å². The highest BCUT2D eigenvalue weighted by Gasteiger charge is 2.30. The molecule has 4 heteroatoms. The molecule has 2 unspecified atom stereocenters. The second-order valence-corrected chi connectivity index (χ2v) is 5.48. The Kier molecular flexibility index (Phi) is 3.69. The van der Waals surface area contributed by atoms with Gasteiger partial charge in [-0.05, 0) is 37.5 Å². The monoisotopic (exact) mass is 263 g/mol. The zero-order chi connectivity index (χ0) is 14.2. The van der Waals surface area contributed by atoms with Gasteiger partial charge in [-0.3, -0.25) is 0 Å². The molecule has 1 aliphatic rings. The number of carboxylic acids is 1. The van der Waals surface area contributed by atoms with Crippen LogP contribution >= 0.6 is 0 Å². The molecular weight excluding hydrogens is 242 g/mol. The topological polar surface area (TPSA) is 49.8 Å². The number of rotatable bonds is 3. The highest BCUT2D eigenvalue weighted by Crippen LogP contribution is 2.37. The maximum absolute atomic E-state index is 11.3. The van der Waals surface area contributed by atoms with Crippen LogP contribution in [-0.4, -0.2) is 29.8 Å². The van der Waals surface area contributed by atoms with E-state index in [0.29, 0.717) is 12.5 Å². The van der Waals surface area contributed by atoms with Crippen LogP contribution in [0.4, 0.5) is 5.69 Å². The number of fused-ring (bicyclic) bond motifs is 1. The van der Waals surface area contributed by atoms with Crippen molar-refractivity contribution in [3.05, 3.63) is 23.8 Å². The van der Waals surface area contributed by atoms with Crippen LogP contribution in [0.5, 0.6) is 5.75 Å². The second kappa shape index (κ2) is 5.11. The SMILES string of the molecule is CC1CN(C(C)C(=O)O)c2cc(C(C)C)ccc2O1. The second-order valence-electron chi connectivity index (χ2n) is 5.48. The fraction of sp³-hybridized carbons (Fsp3) is 0.533. The Labute approximate surface area is 114 Å². The summed E-state index contributed by atoms with van der Waals surface area (Å²) in [5, 5.41) is 9.24. The van der Waals surface area contributed by atoms with E-state index in [0.717, 1.165) is 11.4 Å². The molecule has 0 amide bonds. The van der Waals surface area contributed by atoms with Crippen molar-refractivity contribution in [1.82, 2.24) is 0 Å². The average Bonchev–Trinajstić information content (AvgIpc) is 2.35. The Morgan fingerprint density at radius 2 is 2.11 bits per heavy atom. The fourth-order valence-electron chi connectivity index (χ4n) is 2.35. The van der Waals surface area contributed by atoms with Crippen LogP contribution in [0.25, 0.3) is 0 Å². The number of hydrogen-bond acceptors (Lipinski definition) is 3. The lowest BCUT2D eigenvalue weighted by atomic mass is 10.0. The first kappa shape index (κ1) is 13.7. The van der Waals surface area contributed by atoms with Gasteiger partial charge in [-0.1, -0.05) is 19.9 Å². The molecule has 0 bridgehead atoms. The van der Waals surface area contributed by atoms with Crippen LogP contribution in [0, 0.1) is 0 Å². The molecular formula is C15H21NO3. The van der Waals surface area contributed by atoms with Crippen molar-refractivity contribution in [1.29, 1.82) is 0 Å². The molecule has 0 aliphatic carbocycles. The van der Waals surface area contributed by atoms with Crippen LogP contribution in [0.2, 0.25) is 0 Å². The molecule has 0 saturated heterocycles. The van der Waals surface area contributed by atoms with Crippen molar-refractivity contribution in [3.63, 3.8) is 0 Å². The number of benzene rings is 1. The van der Waals surface area contributed by atoms with Crippen molar-refractivity contribution in [2.24, 2.45) is 0 Å². The first-order chi connectivity index (χ1) is 8.90. The van der Waals surface area contributed by atoms with E-state index in [1.54, 1.807) is 6.92 Å². The standard InChI is InChI=1S/C15H21NO3/c1-9(2)12-5-6-14-13(7-12)16(8-10(3)19-14)11(4)15(17)18/h5-7,9-11H,8H2,1-4H3,(H,17,18). The summed E-state index contributed by atoms with van der Waals surface area (Å²) in [5.41, 5.74) is 2.08. The molecule has 0 saturated carbocycles. The van der Waals surface area contributed by atoms with Crippen molar-refractivity contribution >= 4 is 11.7 Å². The number of carboxylic acid groups (broad SMARTS) is 1. The first-order valence-corrected chi connectivity index (χ1v) is 6.70. The molecule has 4 nitrogen and oxygen atoms in total. The molecule has 0 aromatic heterocycles. The third-order valence-electron chi connectivity index (χ3n) is 3.57. The van der Waals surface area contributed by atoms with E-state index in [2.05, 4.69) is 13.8 Å². The lowest BCUT2D eigenvalue weighted by Gasteiger charge is -2.37. The summed E-state index contributed by atoms with van der Waals surface area (Å²) < 4.78 is 5.79. The summed E-state index contributed by atoms with van der Waals surface area (Å²) in [6.45, 7) is 8.52. The lowest BCUT2D eigenvalue weighted by molar-refractivity contribution is -0.138. The molecule has 0 radical (unpaired) electrons. The maximum Gasteiger partial charge on any atom is 0.326 e. The highest BCUT2D eigenvalue weighted by atomic mass is 16.5. The molecule has 1 aromatic rings. The van der Waals surface area contributed by atoms with Crippen LogP contribution in [0.3, 0.4) is 0 Å². The van der Waals surface area contributed by atoms with E-state index >= 15 is 0 Å². The summed E-state index contributed by atoms with van der Waals surface area (Å²) in [6.07, 6.45) is -0.000741. The molecule has 0 fully saturated rings. The van der Waals surface area contributed by atoms with E-state index < -0.39 is 12.0 Å².